The Bertz CT molecular complexity index is 1170. The Kier molecular flexibility index (Phi) is 5.96. The zero-order valence-corrected chi connectivity index (χ0v) is 18.4. The van der Waals surface area contributed by atoms with Crippen LogP contribution in [0.2, 0.25) is 0 Å². The summed E-state index contributed by atoms with van der Waals surface area (Å²) in [7, 11) is 0. The zero-order chi connectivity index (χ0) is 21.9. The highest BCUT2D eigenvalue weighted by molar-refractivity contribution is 8.00. The second-order valence-electron chi connectivity index (χ2n) is 7.99. The smallest absolute Gasteiger partial charge is 0.414 e. The number of cyclic esters (lactones) is 1. The fourth-order valence-corrected chi connectivity index (χ4v) is 4.81. The molecule has 2 aliphatic rings. The van der Waals surface area contributed by atoms with Gasteiger partial charge >= 0.3 is 6.09 Å². The summed E-state index contributed by atoms with van der Waals surface area (Å²) in [6, 6.07) is 16.0. The van der Waals surface area contributed by atoms with Crippen LogP contribution in [0.5, 0.6) is 0 Å². The van der Waals surface area contributed by atoms with Crippen LogP contribution in [0.15, 0.2) is 59.6 Å². The van der Waals surface area contributed by atoms with Crippen molar-refractivity contribution >= 4 is 46.0 Å². The molecular weight excluding hydrogens is 424 g/mol. The van der Waals surface area contributed by atoms with Crippen molar-refractivity contribution in [2.24, 2.45) is 0 Å². The second kappa shape index (κ2) is 9.18. The molecule has 3 aromatic rings. The van der Waals surface area contributed by atoms with E-state index in [1.54, 1.807) is 4.90 Å². The average molecular weight is 449 g/mol. The lowest BCUT2D eigenvalue weighted by molar-refractivity contribution is -0.113. The van der Waals surface area contributed by atoms with Crippen LogP contribution >= 0.6 is 11.8 Å². The lowest BCUT2D eigenvalue weighted by Gasteiger charge is -2.20. The number of hydrogen-bond donors (Lipinski definition) is 2. The molecule has 1 atom stereocenters. The molecule has 0 bridgehead atoms. The predicted octanol–water partition coefficient (Wildman–Crippen LogP) is 4.17. The largest absolute Gasteiger partial charge is 0.444 e. The second-order valence-corrected chi connectivity index (χ2v) is 9.01. The fraction of sp³-hybridized carbons (Fsp3) is 0.292. The number of thioether (sulfide) groups is 1. The number of fused-ring (bicyclic) bond motifs is 2. The molecule has 0 aliphatic carbocycles. The monoisotopic (exact) mass is 448 g/mol. The van der Waals surface area contributed by atoms with Gasteiger partial charge in [0, 0.05) is 28.7 Å². The van der Waals surface area contributed by atoms with Gasteiger partial charge in [-0.05, 0) is 55.3 Å². The molecule has 0 saturated carbocycles. The average Bonchev–Trinajstić information content (AvgIpc) is 3.18. The molecule has 8 heteroatoms. The van der Waals surface area contributed by atoms with E-state index >= 15 is 0 Å². The third kappa shape index (κ3) is 4.56. The molecule has 0 spiro atoms. The summed E-state index contributed by atoms with van der Waals surface area (Å²) in [4.78, 5) is 31.2. The van der Waals surface area contributed by atoms with E-state index in [-0.39, 0.29) is 18.1 Å². The number of ether oxygens (including phenoxy) is 1. The van der Waals surface area contributed by atoms with E-state index in [0.29, 0.717) is 12.3 Å². The van der Waals surface area contributed by atoms with Crippen molar-refractivity contribution in [1.82, 2.24) is 10.3 Å². The van der Waals surface area contributed by atoms with Crippen molar-refractivity contribution in [3.8, 4) is 0 Å². The summed E-state index contributed by atoms with van der Waals surface area (Å²) in [6.45, 7) is 2.11. The van der Waals surface area contributed by atoms with Crippen molar-refractivity contribution in [2.75, 3.05) is 29.1 Å². The number of amides is 2. The Morgan fingerprint density at radius 3 is 3.03 bits per heavy atom. The van der Waals surface area contributed by atoms with Crippen LogP contribution in [0.1, 0.15) is 18.4 Å². The van der Waals surface area contributed by atoms with E-state index < -0.39 is 0 Å². The van der Waals surface area contributed by atoms with E-state index in [1.807, 2.05) is 42.6 Å². The van der Waals surface area contributed by atoms with Crippen LogP contribution in [-0.2, 0) is 16.1 Å². The van der Waals surface area contributed by atoms with Crippen LogP contribution in [0.25, 0.3) is 10.9 Å². The summed E-state index contributed by atoms with van der Waals surface area (Å²) in [5, 5.41) is 7.46. The molecule has 32 heavy (non-hydrogen) atoms. The third-order valence-electron chi connectivity index (χ3n) is 5.64. The van der Waals surface area contributed by atoms with Crippen molar-refractivity contribution in [3.05, 3.63) is 60.3 Å². The minimum atomic E-state index is -0.333. The van der Waals surface area contributed by atoms with Crippen molar-refractivity contribution in [3.63, 3.8) is 0 Å². The van der Waals surface area contributed by atoms with Crippen LogP contribution in [0, 0.1) is 0 Å². The first-order valence-electron chi connectivity index (χ1n) is 10.7. The zero-order valence-electron chi connectivity index (χ0n) is 17.5. The molecule has 2 amide bonds. The maximum Gasteiger partial charge on any atom is 0.414 e. The SMILES string of the molecule is O=C1CSc2ccc(N3CC(CCCNCc4cnc5ccccc5c4)OC3=O)cc2N1. The van der Waals surface area contributed by atoms with Gasteiger partial charge in [0.1, 0.15) is 6.10 Å². The highest BCUT2D eigenvalue weighted by Crippen LogP contribution is 2.35. The summed E-state index contributed by atoms with van der Waals surface area (Å²) in [5.74, 6) is 0.402. The van der Waals surface area contributed by atoms with Gasteiger partial charge in [0.05, 0.1) is 23.5 Å². The number of carbonyl (C=O) groups is 2. The molecule has 1 unspecified atom stereocenters. The number of hydrogen-bond acceptors (Lipinski definition) is 6. The Morgan fingerprint density at radius 2 is 2.09 bits per heavy atom. The minimum absolute atomic E-state index is 0.0199. The maximum absolute atomic E-state index is 12.4. The molecule has 3 heterocycles. The number of anilines is 2. The highest BCUT2D eigenvalue weighted by atomic mass is 32.2. The van der Waals surface area contributed by atoms with Crippen molar-refractivity contribution in [1.29, 1.82) is 0 Å². The first-order chi connectivity index (χ1) is 15.7. The normalized spacial score (nSPS) is 17.9. The number of rotatable bonds is 7. The molecule has 2 aromatic carbocycles. The van der Waals surface area contributed by atoms with E-state index in [1.165, 1.54) is 11.8 Å². The molecule has 7 nitrogen and oxygen atoms in total. The van der Waals surface area contributed by atoms with Crippen LogP contribution in [0.4, 0.5) is 16.2 Å². The van der Waals surface area contributed by atoms with Gasteiger partial charge in [-0.15, -0.1) is 11.8 Å². The summed E-state index contributed by atoms with van der Waals surface area (Å²) >= 11 is 1.51. The number of nitrogens with one attached hydrogen (secondary N) is 2. The van der Waals surface area contributed by atoms with Gasteiger partial charge in [-0.3, -0.25) is 14.7 Å². The van der Waals surface area contributed by atoms with Crippen molar-refractivity contribution < 1.29 is 14.3 Å². The van der Waals surface area contributed by atoms with Gasteiger partial charge in [0.2, 0.25) is 5.91 Å². The lowest BCUT2D eigenvalue weighted by Crippen LogP contribution is -2.25. The first-order valence-corrected chi connectivity index (χ1v) is 11.7. The number of benzene rings is 2. The standard InChI is InChI=1S/C24H24N4O3S/c29-23-15-32-22-8-7-18(11-21(22)27-23)28-14-19(31-24(28)30)5-3-9-25-12-16-10-17-4-1-2-6-20(17)26-13-16/h1-2,4,6-8,10-11,13,19,25H,3,5,9,12,14-15H2,(H,27,29). The van der Waals surface area contributed by atoms with Crippen LogP contribution in [0.3, 0.4) is 0 Å². The number of para-hydroxylation sites is 1. The van der Waals surface area contributed by atoms with Gasteiger partial charge in [0.25, 0.3) is 0 Å². The van der Waals surface area contributed by atoms with Gasteiger partial charge in [0.15, 0.2) is 0 Å². The summed E-state index contributed by atoms with van der Waals surface area (Å²) < 4.78 is 5.56. The van der Waals surface area contributed by atoms with Crippen LogP contribution < -0.4 is 15.5 Å². The Hall–Kier alpha value is -3.10. The first kappa shape index (κ1) is 20.8. The number of aromatic nitrogens is 1. The van der Waals surface area contributed by atoms with Crippen LogP contribution in [-0.4, -0.2) is 41.9 Å². The summed E-state index contributed by atoms with van der Waals surface area (Å²) in [5.41, 5.74) is 3.66. The quantitative estimate of drug-likeness (QED) is 0.528. The Morgan fingerprint density at radius 1 is 1.19 bits per heavy atom. The molecule has 2 N–H and O–H groups in total. The van der Waals surface area contributed by atoms with Gasteiger partial charge in [-0.2, -0.15) is 0 Å². The number of carbonyl (C=O) groups excluding carboxylic acids is 2. The molecule has 2 aliphatic heterocycles. The topological polar surface area (TPSA) is 83.6 Å². The lowest BCUT2D eigenvalue weighted by atomic mass is 10.1. The predicted molar refractivity (Wildman–Crippen MR) is 126 cm³/mol. The molecule has 1 fully saturated rings. The number of nitrogens with zero attached hydrogens (tertiary/aromatic N) is 2. The van der Waals surface area contributed by atoms with E-state index in [9.17, 15) is 9.59 Å². The number of pyridine rings is 1. The van der Waals surface area contributed by atoms with E-state index in [0.717, 1.165) is 58.7 Å². The molecular formula is C24H24N4O3S. The van der Waals surface area contributed by atoms with E-state index in [4.69, 9.17) is 4.74 Å². The fourth-order valence-electron chi connectivity index (χ4n) is 4.02. The molecule has 0 radical (unpaired) electrons. The maximum atomic E-state index is 12.4. The Balaban J connectivity index is 1.10. The van der Waals surface area contributed by atoms with E-state index in [2.05, 4.69) is 27.8 Å². The van der Waals surface area contributed by atoms with Crippen molar-refractivity contribution in [2.45, 2.75) is 30.4 Å². The molecule has 5 rings (SSSR count). The minimum Gasteiger partial charge on any atom is -0.444 e. The van der Waals surface area contributed by atoms with Gasteiger partial charge in [-0.25, -0.2) is 4.79 Å². The third-order valence-corrected chi connectivity index (χ3v) is 6.71. The molecule has 1 aromatic heterocycles. The Labute approximate surface area is 190 Å². The van der Waals surface area contributed by atoms with Gasteiger partial charge in [-0.1, -0.05) is 18.2 Å². The molecule has 164 valence electrons. The van der Waals surface area contributed by atoms with Gasteiger partial charge < -0.3 is 15.4 Å². The molecule has 1 saturated heterocycles. The summed E-state index contributed by atoms with van der Waals surface area (Å²) in [6.07, 6.45) is 3.14. The highest BCUT2D eigenvalue weighted by Gasteiger charge is 2.32.